The van der Waals surface area contributed by atoms with Gasteiger partial charge in [0.2, 0.25) is 5.88 Å². The maximum absolute atomic E-state index is 5.44. The van der Waals surface area contributed by atoms with Crippen LogP contribution < -0.4 is 4.74 Å². The van der Waals surface area contributed by atoms with Crippen molar-refractivity contribution in [3.63, 3.8) is 0 Å². The Kier molecular flexibility index (Phi) is 1.85. The van der Waals surface area contributed by atoms with Gasteiger partial charge < -0.3 is 4.74 Å². The van der Waals surface area contributed by atoms with Crippen LogP contribution in [0.15, 0.2) is 12.4 Å². The van der Waals surface area contributed by atoms with E-state index in [0.29, 0.717) is 11.0 Å². The van der Waals surface area contributed by atoms with Gasteiger partial charge in [0.25, 0.3) is 0 Å². The van der Waals surface area contributed by atoms with E-state index in [4.69, 9.17) is 16.3 Å². The molecule has 0 amide bonds. The number of aromatic nitrogens is 2. The molecule has 0 spiro atoms. The van der Waals surface area contributed by atoms with Crippen LogP contribution in [0, 0.1) is 0 Å². The van der Waals surface area contributed by atoms with Crippen LogP contribution in [0.3, 0.4) is 0 Å². The van der Waals surface area contributed by atoms with Crippen molar-refractivity contribution in [3.05, 3.63) is 17.5 Å². The van der Waals surface area contributed by atoms with Crippen molar-refractivity contribution in [1.82, 2.24) is 9.97 Å². The zero-order valence-corrected chi connectivity index (χ0v) is 5.59. The summed E-state index contributed by atoms with van der Waals surface area (Å²) < 4.78 is 4.74. The Morgan fingerprint density at radius 2 is 2.22 bits per heavy atom. The smallest absolute Gasteiger partial charge is 0.232 e. The molecule has 4 heteroatoms. The normalized spacial score (nSPS) is 9.11. The monoisotopic (exact) mass is 144 g/mol. The van der Waals surface area contributed by atoms with E-state index < -0.39 is 0 Å². The van der Waals surface area contributed by atoms with Crippen LogP contribution in [-0.2, 0) is 0 Å². The Hall–Kier alpha value is -0.830. The predicted octanol–water partition coefficient (Wildman–Crippen LogP) is 1.14. The Morgan fingerprint density at radius 1 is 1.44 bits per heavy atom. The van der Waals surface area contributed by atoms with Crippen LogP contribution in [0.25, 0.3) is 0 Å². The van der Waals surface area contributed by atoms with Gasteiger partial charge in [-0.25, -0.2) is 9.97 Å². The molecule has 0 bridgehead atoms. The van der Waals surface area contributed by atoms with Gasteiger partial charge in [-0.1, -0.05) is 11.6 Å². The lowest BCUT2D eigenvalue weighted by Gasteiger charge is -1.93. The first-order chi connectivity index (χ1) is 4.33. The molecule has 1 rings (SSSR count). The second-order valence-electron chi connectivity index (χ2n) is 1.38. The van der Waals surface area contributed by atoms with Gasteiger partial charge >= 0.3 is 0 Å². The van der Waals surface area contributed by atoms with Gasteiger partial charge in [0.15, 0.2) is 0 Å². The minimum absolute atomic E-state index is 0.371. The number of halogens is 1. The average Bonchev–Trinajstić information content (AvgIpc) is 1.90. The first-order valence-corrected chi connectivity index (χ1v) is 2.72. The van der Waals surface area contributed by atoms with Gasteiger partial charge in [-0.2, -0.15) is 0 Å². The molecule has 0 aliphatic heterocycles. The number of hydrogen-bond donors (Lipinski definition) is 0. The highest BCUT2D eigenvalue weighted by Crippen LogP contribution is 2.05. The third-order valence-corrected chi connectivity index (χ3v) is 1.00. The molecule has 1 aromatic heterocycles. The number of ether oxygens (including phenoxy) is 1. The molecule has 0 unspecified atom stereocenters. The first kappa shape index (κ1) is 6.29. The summed E-state index contributed by atoms with van der Waals surface area (Å²) in [4.78, 5) is 7.51. The summed E-state index contributed by atoms with van der Waals surface area (Å²) in [5.41, 5.74) is 0. The predicted molar refractivity (Wildman–Crippen MR) is 33.6 cm³/mol. The van der Waals surface area contributed by atoms with Crippen LogP contribution in [0.4, 0.5) is 0 Å². The van der Waals surface area contributed by atoms with Gasteiger partial charge in [-0.3, -0.25) is 0 Å². The first-order valence-electron chi connectivity index (χ1n) is 2.34. The number of methoxy groups -OCH3 is 1. The summed E-state index contributed by atoms with van der Waals surface area (Å²) in [6.07, 6.45) is 2.89. The maximum atomic E-state index is 5.44. The summed E-state index contributed by atoms with van der Waals surface area (Å²) in [5.74, 6) is 0.472. The molecular formula is C5H5ClN2O. The minimum atomic E-state index is 0.371. The second kappa shape index (κ2) is 2.64. The van der Waals surface area contributed by atoms with E-state index in [2.05, 4.69) is 9.97 Å². The van der Waals surface area contributed by atoms with E-state index in [1.807, 2.05) is 0 Å². The fourth-order valence-electron chi connectivity index (χ4n) is 0.406. The van der Waals surface area contributed by atoms with Crippen molar-refractivity contribution >= 4 is 11.6 Å². The van der Waals surface area contributed by atoms with E-state index in [9.17, 15) is 0 Å². The van der Waals surface area contributed by atoms with Gasteiger partial charge in [0.1, 0.15) is 5.15 Å². The van der Waals surface area contributed by atoms with E-state index >= 15 is 0 Å². The van der Waals surface area contributed by atoms with Crippen molar-refractivity contribution in [2.45, 2.75) is 0 Å². The minimum Gasteiger partial charge on any atom is -0.480 e. The fraction of sp³-hybridized carbons (Fsp3) is 0.200. The van der Waals surface area contributed by atoms with Crippen LogP contribution in [-0.4, -0.2) is 17.1 Å². The lowest BCUT2D eigenvalue weighted by molar-refractivity contribution is 0.395. The molecule has 1 aromatic rings. The molecule has 0 aliphatic carbocycles. The standard InChI is InChI=1S/C5H5ClN2O/c1-9-5-3-7-4(6)2-8-5/h2-3H,1H3. The van der Waals surface area contributed by atoms with E-state index in [1.165, 1.54) is 19.5 Å². The van der Waals surface area contributed by atoms with Gasteiger partial charge in [-0.05, 0) is 0 Å². The maximum Gasteiger partial charge on any atom is 0.232 e. The quantitative estimate of drug-likeness (QED) is 0.593. The van der Waals surface area contributed by atoms with Gasteiger partial charge in [-0.15, -0.1) is 0 Å². The molecule has 0 N–H and O–H groups in total. The second-order valence-corrected chi connectivity index (χ2v) is 1.77. The van der Waals surface area contributed by atoms with Crippen LogP contribution in [0.5, 0.6) is 5.88 Å². The third kappa shape index (κ3) is 1.54. The van der Waals surface area contributed by atoms with Crippen LogP contribution in [0.2, 0.25) is 5.15 Å². The Morgan fingerprint density at radius 3 is 2.67 bits per heavy atom. The van der Waals surface area contributed by atoms with Crippen LogP contribution in [0.1, 0.15) is 0 Å². The molecule has 0 aliphatic rings. The van der Waals surface area contributed by atoms with Crippen LogP contribution >= 0.6 is 11.6 Å². The molecule has 48 valence electrons. The molecule has 1 heterocycles. The number of hydrogen-bond acceptors (Lipinski definition) is 3. The van der Waals surface area contributed by atoms with Crippen molar-refractivity contribution in [3.8, 4) is 5.88 Å². The number of nitrogens with zero attached hydrogens (tertiary/aromatic N) is 2. The molecule has 0 aromatic carbocycles. The summed E-state index contributed by atoms with van der Waals surface area (Å²) in [6.45, 7) is 0. The highest BCUT2D eigenvalue weighted by Gasteiger charge is 1.90. The molecule has 9 heavy (non-hydrogen) atoms. The molecule has 3 nitrogen and oxygen atoms in total. The van der Waals surface area contributed by atoms with E-state index in [-0.39, 0.29) is 0 Å². The molecule has 0 saturated heterocycles. The molecule has 0 fully saturated rings. The SMILES string of the molecule is COc1cnc(Cl)cn1. The lowest BCUT2D eigenvalue weighted by atomic mass is 10.7. The van der Waals surface area contributed by atoms with Gasteiger partial charge in [0, 0.05) is 0 Å². The highest BCUT2D eigenvalue weighted by atomic mass is 35.5. The van der Waals surface area contributed by atoms with Crippen molar-refractivity contribution in [2.75, 3.05) is 7.11 Å². The lowest BCUT2D eigenvalue weighted by Crippen LogP contribution is -1.87. The van der Waals surface area contributed by atoms with Crippen molar-refractivity contribution in [1.29, 1.82) is 0 Å². The Balaban J connectivity index is 2.88. The van der Waals surface area contributed by atoms with E-state index in [0.717, 1.165) is 0 Å². The average molecular weight is 145 g/mol. The van der Waals surface area contributed by atoms with Crippen molar-refractivity contribution < 1.29 is 4.74 Å². The highest BCUT2D eigenvalue weighted by molar-refractivity contribution is 6.29. The van der Waals surface area contributed by atoms with E-state index in [1.54, 1.807) is 0 Å². The summed E-state index contributed by atoms with van der Waals surface area (Å²) in [7, 11) is 1.53. The third-order valence-electron chi connectivity index (χ3n) is 0.806. The topological polar surface area (TPSA) is 35.0 Å². The fourth-order valence-corrected chi connectivity index (χ4v) is 0.503. The zero-order valence-electron chi connectivity index (χ0n) is 4.84. The molecular weight excluding hydrogens is 140 g/mol. The summed E-state index contributed by atoms with van der Waals surface area (Å²) in [5, 5.41) is 0.371. The largest absolute Gasteiger partial charge is 0.480 e. The Labute approximate surface area is 57.7 Å². The molecule has 0 atom stereocenters. The summed E-state index contributed by atoms with van der Waals surface area (Å²) >= 11 is 5.44. The summed E-state index contributed by atoms with van der Waals surface area (Å²) in [6, 6.07) is 0. The Bertz CT molecular complexity index is 187. The van der Waals surface area contributed by atoms with Crippen molar-refractivity contribution in [2.24, 2.45) is 0 Å². The van der Waals surface area contributed by atoms with Gasteiger partial charge in [0.05, 0.1) is 19.5 Å². The zero-order chi connectivity index (χ0) is 6.69. The molecule has 0 radical (unpaired) electrons. The number of rotatable bonds is 1. The molecule has 0 saturated carbocycles.